The number of aliphatic hydroxyl groups is 1. The summed E-state index contributed by atoms with van der Waals surface area (Å²) in [6, 6.07) is 0. The van der Waals surface area contributed by atoms with Gasteiger partial charge < -0.3 is 15.9 Å². The van der Waals surface area contributed by atoms with E-state index < -0.39 is 18.0 Å². The van der Waals surface area contributed by atoms with Crippen LogP contribution in [0.4, 0.5) is 0 Å². The second kappa shape index (κ2) is 6.37. The molecule has 0 heterocycles. The summed E-state index contributed by atoms with van der Waals surface area (Å²) in [4.78, 5) is 20.7. The van der Waals surface area contributed by atoms with Crippen LogP contribution in [0.3, 0.4) is 0 Å². The zero-order valence-corrected chi connectivity index (χ0v) is 8.27. The molecule has 82 valence electrons. The van der Waals surface area contributed by atoms with Crippen molar-refractivity contribution in [2.75, 3.05) is 0 Å². The summed E-state index contributed by atoms with van der Waals surface area (Å²) in [5, 5.41) is 17.8. The van der Waals surface area contributed by atoms with Gasteiger partial charge >= 0.3 is 5.97 Å². The van der Waals surface area contributed by atoms with Crippen molar-refractivity contribution in [1.29, 1.82) is 0 Å². The molecule has 1 amide bonds. The first-order valence-electron chi connectivity index (χ1n) is 4.61. The molecule has 0 unspecified atom stereocenters. The van der Waals surface area contributed by atoms with Crippen molar-refractivity contribution in [3.05, 3.63) is 0 Å². The minimum Gasteiger partial charge on any atom is -0.481 e. The van der Waals surface area contributed by atoms with Crippen LogP contribution < -0.4 is 5.73 Å². The number of hydrogen-bond donors (Lipinski definition) is 3. The smallest absolute Gasteiger partial charge is 0.303 e. The molecule has 0 aliphatic heterocycles. The highest BCUT2D eigenvalue weighted by Gasteiger charge is 2.16. The number of carboxylic acids is 1. The molecular weight excluding hydrogens is 186 g/mol. The molecule has 14 heavy (non-hydrogen) atoms. The van der Waals surface area contributed by atoms with E-state index in [9.17, 15) is 14.7 Å². The summed E-state index contributed by atoms with van der Waals surface area (Å²) < 4.78 is 0. The first-order valence-corrected chi connectivity index (χ1v) is 4.61. The van der Waals surface area contributed by atoms with E-state index in [0.29, 0.717) is 12.8 Å². The molecule has 5 nitrogen and oxygen atoms in total. The molecule has 0 aromatic rings. The van der Waals surface area contributed by atoms with E-state index in [2.05, 4.69) is 0 Å². The second-order valence-electron chi connectivity index (χ2n) is 3.50. The van der Waals surface area contributed by atoms with Crippen molar-refractivity contribution in [2.45, 2.75) is 38.7 Å². The molecule has 0 aromatic carbocycles. The number of primary amides is 1. The Hall–Kier alpha value is -1.10. The quantitative estimate of drug-likeness (QED) is 0.546. The maximum Gasteiger partial charge on any atom is 0.303 e. The van der Waals surface area contributed by atoms with Gasteiger partial charge in [-0.3, -0.25) is 9.59 Å². The average Bonchev–Trinajstić information content (AvgIpc) is 2.01. The standard InChI is InChI=1S/C9H17NO4/c1-6(3-2-4-9(13)14)7(11)5-8(10)12/h6-7,11H,2-5H2,1H3,(H2,10,12)(H,13,14)/t6-,7+/m1/s1. The van der Waals surface area contributed by atoms with Crippen LogP contribution >= 0.6 is 0 Å². The Bertz CT molecular complexity index is 205. The topological polar surface area (TPSA) is 101 Å². The maximum absolute atomic E-state index is 10.5. The van der Waals surface area contributed by atoms with Gasteiger partial charge in [0.2, 0.25) is 5.91 Å². The molecule has 2 atom stereocenters. The van der Waals surface area contributed by atoms with Gasteiger partial charge in [0, 0.05) is 6.42 Å². The number of rotatable bonds is 7. The summed E-state index contributed by atoms with van der Waals surface area (Å²) >= 11 is 0. The molecule has 0 spiro atoms. The van der Waals surface area contributed by atoms with Gasteiger partial charge in [0.1, 0.15) is 0 Å². The summed E-state index contributed by atoms with van der Waals surface area (Å²) in [7, 11) is 0. The third-order valence-electron chi connectivity index (χ3n) is 2.12. The van der Waals surface area contributed by atoms with Crippen LogP contribution in [0.5, 0.6) is 0 Å². The molecule has 5 heteroatoms. The number of carbonyl (C=O) groups is 2. The fraction of sp³-hybridized carbons (Fsp3) is 0.778. The van der Waals surface area contributed by atoms with Gasteiger partial charge in [-0.25, -0.2) is 0 Å². The number of amides is 1. The SMILES string of the molecule is C[C@H](CCCC(=O)O)[C@@H](O)CC(N)=O. The second-order valence-corrected chi connectivity index (χ2v) is 3.50. The highest BCUT2D eigenvalue weighted by atomic mass is 16.4. The van der Waals surface area contributed by atoms with Crippen molar-refractivity contribution >= 4 is 11.9 Å². The van der Waals surface area contributed by atoms with Crippen LogP contribution in [0.25, 0.3) is 0 Å². The highest BCUT2D eigenvalue weighted by Crippen LogP contribution is 2.14. The number of hydrogen-bond acceptors (Lipinski definition) is 3. The molecule has 0 aromatic heterocycles. The van der Waals surface area contributed by atoms with E-state index >= 15 is 0 Å². The van der Waals surface area contributed by atoms with E-state index in [4.69, 9.17) is 10.8 Å². The fourth-order valence-electron chi connectivity index (χ4n) is 1.17. The van der Waals surface area contributed by atoms with Gasteiger partial charge in [-0.2, -0.15) is 0 Å². The van der Waals surface area contributed by atoms with E-state index in [-0.39, 0.29) is 18.8 Å². The lowest BCUT2D eigenvalue weighted by atomic mass is 9.96. The molecule has 0 aliphatic rings. The molecule has 0 radical (unpaired) electrons. The van der Waals surface area contributed by atoms with Gasteiger partial charge in [0.05, 0.1) is 12.5 Å². The van der Waals surface area contributed by atoms with Crippen molar-refractivity contribution < 1.29 is 19.8 Å². The summed E-state index contributed by atoms with van der Waals surface area (Å²) in [6.45, 7) is 1.77. The van der Waals surface area contributed by atoms with Gasteiger partial charge in [0.15, 0.2) is 0 Å². The lowest BCUT2D eigenvalue weighted by molar-refractivity contribution is -0.137. The molecule has 0 aliphatic carbocycles. The zero-order valence-electron chi connectivity index (χ0n) is 8.27. The van der Waals surface area contributed by atoms with Crippen molar-refractivity contribution in [3.8, 4) is 0 Å². The van der Waals surface area contributed by atoms with Gasteiger partial charge in [-0.15, -0.1) is 0 Å². The minimum absolute atomic E-state index is 0.0613. The van der Waals surface area contributed by atoms with E-state index in [1.165, 1.54) is 0 Å². The molecule has 0 bridgehead atoms. The average molecular weight is 203 g/mol. The van der Waals surface area contributed by atoms with Crippen LogP contribution in [0.15, 0.2) is 0 Å². The molecule has 0 rings (SSSR count). The van der Waals surface area contributed by atoms with Crippen LogP contribution in [0.1, 0.15) is 32.6 Å². The van der Waals surface area contributed by atoms with Gasteiger partial charge in [0.25, 0.3) is 0 Å². The lowest BCUT2D eigenvalue weighted by Crippen LogP contribution is -2.25. The number of aliphatic carboxylic acids is 1. The molecule has 4 N–H and O–H groups in total. The molecule has 0 saturated heterocycles. The van der Waals surface area contributed by atoms with E-state index in [1.807, 2.05) is 0 Å². The number of carbonyl (C=O) groups excluding carboxylic acids is 1. The summed E-state index contributed by atoms with van der Waals surface area (Å²) in [5.74, 6) is -1.48. The summed E-state index contributed by atoms with van der Waals surface area (Å²) in [5.41, 5.74) is 4.92. The normalized spacial score (nSPS) is 14.7. The van der Waals surface area contributed by atoms with Crippen molar-refractivity contribution in [2.24, 2.45) is 11.7 Å². The monoisotopic (exact) mass is 203 g/mol. The Kier molecular flexibility index (Phi) is 5.87. The zero-order chi connectivity index (χ0) is 11.1. The Morgan fingerprint density at radius 3 is 2.43 bits per heavy atom. The fourth-order valence-corrected chi connectivity index (χ4v) is 1.17. The Morgan fingerprint density at radius 2 is 2.00 bits per heavy atom. The van der Waals surface area contributed by atoms with Crippen molar-refractivity contribution in [1.82, 2.24) is 0 Å². The highest BCUT2D eigenvalue weighted by molar-refractivity contribution is 5.74. The number of nitrogens with two attached hydrogens (primary N) is 1. The van der Waals surface area contributed by atoms with Gasteiger partial charge in [-0.1, -0.05) is 6.92 Å². The van der Waals surface area contributed by atoms with Gasteiger partial charge in [-0.05, 0) is 18.8 Å². The van der Waals surface area contributed by atoms with Crippen LogP contribution in [-0.2, 0) is 9.59 Å². The first kappa shape index (κ1) is 12.9. The Labute approximate surface area is 82.9 Å². The Balaban J connectivity index is 3.66. The largest absolute Gasteiger partial charge is 0.481 e. The third kappa shape index (κ3) is 6.42. The molecule has 0 saturated carbocycles. The predicted molar refractivity (Wildman–Crippen MR) is 50.5 cm³/mol. The third-order valence-corrected chi connectivity index (χ3v) is 2.12. The lowest BCUT2D eigenvalue weighted by Gasteiger charge is -2.16. The number of aliphatic hydroxyl groups excluding tert-OH is 1. The van der Waals surface area contributed by atoms with E-state index in [1.54, 1.807) is 6.92 Å². The summed E-state index contributed by atoms with van der Waals surface area (Å²) in [6.07, 6.45) is 0.357. The maximum atomic E-state index is 10.5. The predicted octanol–water partition coefficient (Wildman–Crippen LogP) is 0.114. The Morgan fingerprint density at radius 1 is 1.43 bits per heavy atom. The first-order chi connectivity index (χ1) is 6.43. The van der Waals surface area contributed by atoms with Crippen LogP contribution in [-0.4, -0.2) is 28.2 Å². The van der Waals surface area contributed by atoms with Crippen molar-refractivity contribution in [3.63, 3.8) is 0 Å². The number of carboxylic acid groups (broad SMARTS) is 1. The van der Waals surface area contributed by atoms with Crippen LogP contribution in [0, 0.1) is 5.92 Å². The van der Waals surface area contributed by atoms with Crippen LogP contribution in [0.2, 0.25) is 0 Å². The van der Waals surface area contributed by atoms with E-state index in [0.717, 1.165) is 0 Å². The minimum atomic E-state index is -0.846. The molecular formula is C9H17NO4. The molecule has 0 fully saturated rings.